The van der Waals surface area contributed by atoms with Gasteiger partial charge in [0.2, 0.25) is 15.9 Å². The van der Waals surface area contributed by atoms with E-state index in [9.17, 15) is 17.6 Å². The zero-order valence-electron chi connectivity index (χ0n) is 13.5. The van der Waals surface area contributed by atoms with Crippen molar-refractivity contribution in [1.29, 1.82) is 0 Å². The van der Waals surface area contributed by atoms with Crippen LogP contribution >= 0.6 is 0 Å². The van der Waals surface area contributed by atoms with E-state index in [1.165, 1.54) is 42.5 Å². The van der Waals surface area contributed by atoms with Gasteiger partial charge in [0, 0.05) is 27.1 Å². The zero-order chi connectivity index (χ0) is 17.7. The van der Waals surface area contributed by atoms with Crippen molar-refractivity contribution in [3.8, 4) is 0 Å². The van der Waals surface area contributed by atoms with Crippen LogP contribution in [0.1, 0.15) is 18.1 Å². The van der Waals surface area contributed by atoms with E-state index in [2.05, 4.69) is 5.32 Å². The third-order valence-corrected chi connectivity index (χ3v) is 5.28. The fourth-order valence-electron chi connectivity index (χ4n) is 2.16. The molecule has 0 spiro atoms. The van der Waals surface area contributed by atoms with Crippen LogP contribution in [0.3, 0.4) is 0 Å². The molecule has 0 saturated carbocycles. The monoisotopic (exact) mass is 350 g/mol. The van der Waals surface area contributed by atoms with Crippen LogP contribution in [0.15, 0.2) is 53.4 Å². The molecule has 0 aromatic heterocycles. The number of carbonyl (C=O) groups excluding carboxylic acids is 1. The van der Waals surface area contributed by atoms with E-state index < -0.39 is 15.8 Å². The smallest absolute Gasteiger partial charge is 0.243 e. The first-order chi connectivity index (χ1) is 11.3. The largest absolute Gasteiger partial charge is 0.352 e. The average molecular weight is 350 g/mol. The SMILES string of the molecule is CC(=O)NCc1ccc(S(=O)(=O)N(C)Cc2cccc(F)c2)cc1. The highest BCUT2D eigenvalue weighted by Gasteiger charge is 2.20. The van der Waals surface area contributed by atoms with Crippen molar-refractivity contribution >= 4 is 15.9 Å². The van der Waals surface area contributed by atoms with E-state index in [0.29, 0.717) is 12.1 Å². The first kappa shape index (κ1) is 18.1. The van der Waals surface area contributed by atoms with Gasteiger partial charge in [-0.1, -0.05) is 24.3 Å². The maximum Gasteiger partial charge on any atom is 0.243 e. The van der Waals surface area contributed by atoms with E-state index in [4.69, 9.17) is 0 Å². The van der Waals surface area contributed by atoms with Crippen molar-refractivity contribution < 1.29 is 17.6 Å². The minimum Gasteiger partial charge on any atom is -0.352 e. The molecule has 2 aromatic carbocycles. The summed E-state index contributed by atoms with van der Waals surface area (Å²) in [7, 11) is -2.22. The van der Waals surface area contributed by atoms with Crippen LogP contribution in [-0.2, 0) is 27.9 Å². The van der Waals surface area contributed by atoms with Gasteiger partial charge >= 0.3 is 0 Å². The Labute approximate surface area is 141 Å². The lowest BCUT2D eigenvalue weighted by Crippen LogP contribution is -2.26. The topological polar surface area (TPSA) is 66.5 Å². The molecular weight excluding hydrogens is 331 g/mol. The fourth-order valence-corrected chi connectivity index (χ4v) is 3.32. The van der Waals surface area contributed by atoms with E-state index in [1.54, 1.807) is 24.3 Å². The molecule has 7 heteroatoms. The molecule has 1 amide bonds. The van der Waals surface area contributed by atoms with Gasteiger partial charge in [0.1, 0.15) is 5.82 Å². The van der Waals surface area contributed by atoms with Crippen LogP contribution in [0.5, 0.6) is 0 Å². The number of amides is 1. The lowest BCUT2D eigenvalue weighted by atomic mass is 10.2. The van der Waals surface area contributed by atoms with Crippen molar-refractivity contribution in [1.82, 2.24) is 9.62 Å². The number of rotatable bonds is 6. The second kappa shape index (κ2) is 7.55. The van der Waals surface area contributed by atoms with Gasteiger partial charge in [-0.05, 0) is 35.4 Å². The molecule has 0 bridgehead atoms. The molecule has 5 nitrogen and oxygen atoms in total. The van der Waals surface area contributed by atoms with Gasteiger partial charge in [-0.25, -0.2) is 12.8 Å². The number of sulfonamides is 1. The highest BCUT2D eigenvalue weighted by molar-refractivity contribution is 7.89. The van der Waals surface area contributed by atoms with Gasteiger partial charge < -0.3 is 5.32 Å². The van der Waals surface area contributed by atoms with Crippen molar-refractivity contribution in [3.63, 3.8) is 0 Å². The quantitative estimate of drug-likeness (QED) is 0.869. The molecule has 2 rings (SSSR count). The number of hydrogen-bond donors (Lipinski definition) is 1. The van der Waals surface area contributed by atoms with Crippen molar-refractivity contribution in [2.24, 2.45) is 0 Å². The molecule has 0 aliphatic heterocycles. The van der Waals surface area contributed by atoms with Crippen LogP contribution in [0, 0.1) is 5.82 Å². The zero-order valence-corrected chi connectivity index (χ0v) is 14.3. The number of carbonyl (C=O) groups is 1. The molecular formula is C17H19FN2O3S. The Morgan fingerprint density at radius 1 is 1.12 bits per heavy atom. The predicted octanol–water partition coefficient (Wildman–Crippen LogP) is 2.28. The molecule has 1 N–H and O–H groups in total. The van der Waals surface area contributed by atoms with E-state index >= 15 is 0 Å². The van der Waals surface area contributed by atoms with Crippen LogP contribution in [0.2, 0.25) is 0 Å². The lowest BCUT2D eigenvalue weighted by Gasteiger charge is -2.17. The maximum atomic E-state index is 13.2. The van der Waals surface area contributed by atoms with Crippen LogP contribution < -0.4 is 5.32 Å². The summed E-state index contributed by atoms with van der Waals surface area (Å²) in [5, 5.41) is 2.65. The van der Waals surface area contributed by atoms with Crippen LogP contribution in [0.4, 0.5) is 4.39 Å². The normalized spacial score (nSPS) is 11.5. The predicted molar refractivity (Wildman–Crippen MR) is 89.0 cm³/mol. The maximum absolute atomic E-state index is 13.2. The number of nitrogens with zero attached hydrogens (tertiary/aromatic N) is 1. The Morgan fingerprint density at radius 2 is 1.79 bits per heavy atom. The lowest BCUT2D eigenvalue weighted by molar-refractivity contribution is -0.119. The third-order valence-electron chi connectivity index (χ3n) is 3.47. The Balaban J connectivity index is 2.12. The molecule has 0 aliphatic rings. The van der Waals surface area contributed by atoms with Gasteiger partial charge in [0.25, 0.3) is 0 Å². The highest BCUT2D eigenvalue weighted by atomic mass is 32.2. The summed E-state index contributed by atoms with van der Waals surface area (Å²) in [6.07, 6.45) is 0. The minimum atomic E-state index is -3.67. The second-order valence-electron chi connectivity index (χ2n) is 5.44. The van der Waals surface area contributed by atoms with Crippen LogP contribution in [0.25, 0.3) is 0 Å². The van der Waals surface area contributed by atoms with Gasteiger partial charge in [0.15, 0.2) is 0 Å². The molecule has 0 saturated heterocycles. The Morgan fingerprint density at radius 3 is 2.38 bits per heavy atom. The van der Waals surface area contributed by atoms with Crippen LogP contribution in [-0.4, -0.2) is 25.7 Å². The number of benzene rings is 2. The Bertz CT molecular complexity index is 820. The average Bonchev–Trinajstić information content (AvgIpc) is 2.53. The van der Waals surface area contributed by atoms with Gasteiger partial charge in [-0.2, -0.15) is 4.31 Å². The molecule has 0 radical (unpaired) electrons. The van der Waals surface area contributed by atoms with E-state index in [-0.39, 0.29) is 17.3 Å². The first-order valence-corrected chi connectivity index (χ1v) is 8.77. The number of nitrogens with one attached hydrogen (secondary N) is 1. The standard InChI is InChI=1S/C17H19FN2O3S/c1-13(21)19-11-14-6-8-17(9-7-14)24(22,23)20(2)12-15-4-3-5-16(18)10-15/h3-10H,11-12H2,1-2H3,(H,19,21). The van der Waals surface area contributed by atoms with Crippen molar-refractivity contribution in [2.75, 3.05) is 7.05 Å². The third kappa shape index (κ3) is 4.62. The number of hydrogen-bond acceptors (Lipinski definition) is 3. The minimum absolute atomic E-state index is 0.0771. The first-order valence-electron chi connectivity index (χ1n) is 7.33. The summed E-state index contributed by atoms with van der Waals surface area (Å²) >= 11 is 0. The summed E-state index contributed by atoms with van der Waals surface area (Å²) in [5.41, 5.74) is 1.38. The second-order valence-corrected chi connectivity index (χ2v) is 7.49. The molecule has 2 aromatic rings. The molecule has 0 unspecified atom stereocenters. The van der Waals surface area contributed by atoms with Crippen molar-refractivity contribution in [3.05, 3.63) is 65.5 Å². The molecule has 24 heavy (non-hydrogen) atoms. The van der Waals surface area contributed by atoms with Gasteiger partial charge in [-0.15, -0.1) is 0 Å². The fraction of sp³-hybridized carbons (Fsp3) is 0.235. The van der Waals surface area contributed by atoms with E-state index in [1.807, 2.05) is 0 Å². The molecule has 0 aliphatic carbocycles. The molecule has 0 atom stereocenters. The van der Waals surface area contributed by atoms with Crippen molar-refractivity contribution in [2.45, 2.75) is 24.9 Å². The molecule has 0 fully saturated rings. The highest BCUT2D eigenvalue weighted by Crippen LogP contribution is 2.18. The summed E-state index contributed by atoms with van der Waals surface area (Å²) < 4.78 is 39.5. The Kier molecular flexibility index (Phi) is 5.69. The summed E-state index contributed by atoms with van der Waals surface area (Å²) in [6, 6.07) is 12.1. The summed E-state index contributed by atoms with van der Waals surface area (Å²) in [6.45, 7) is 1.84. The molecule has 0 heterocycles. The summed E-state index contributed by atoms with van der Waals surface area (Å²) in [5.74, 6) is -0.554. The summed E-state index contributed by atoms with van der Waals surface area (Å²) in [4.78, 5) is 11.0. The molecule has 128 valence electrons. The Hall–Kier alpha value is -2.25. The van der Waals surface area contributed by atoms with Gasteiger partial charge in [-0.3, -0.25) is 4.79 Å². The number of halogens is 1. The van der Waals surface area contributed by atoms with Gasteiger partial charge in [0.05, 0.1) is 4.90 Å². The van der Waals surface area contributed by atoms with E-state index in [0.717, 1.165) is 5.56 Å².